The minimum Gasteiger partial charge on any atom is -0.395 e. The van der Waals surface area contributed by atoms with Gasteiger partial charge in [0.25, 0.3) is 5.91 Å². The molecule has 26 heavy (non-hydrogen) atoms. The van der Waals surface area contributed by atoms with Crippen LogP contribution in [-0.2, 0) is 0 Å². The maximum Gasteiger partial charge on any atom is 0.586 e. The summed E-state index contributed by atoms with van der Waals surface area (Å²) in [5.41, 5.74) is 1.21. The van der Waals surface area contributed by atoms with Crippen LogP contribution in [0.1, 0.15) is 16.1 Å². The van der Waals surface area contributed by atoms with E-state index in [1.807, 2.05) is 6.07 Å². The third-order valence-electron chi connectivity index (χ3n) is 3.78. The van der Waals surface area contributed by atoms with Crippen molar-refractivity contribution in [3.8, 4) is 17.3 Å². The van der Waals surface area contributed by atoms with E-state index in [2.05, 4.69) is 24.9 Å². The molecule has 0 radical (unpaired) electrons. The Balaban J connectivity index is 1.56. The zero-order valence-corrected chi connectivity index (χ0v) is 13.4. The summed E-state index contributed by atoms with van der Waals surface area (Å²) in [5, 5.41) is 6.80. The number of ether oxygens (including phenoxy) is 2. The summed E-state index contributed by atoms with van der Waals surface area (Å²) in [6.45, 7) is 1.73. The van der Waals surface area contributed by atoms with Gasteiger partial charge in [-0.15, -0.1) is 8.78 Å². The standard InChI is InChI=1S/C17H12F2N4O3/c1-10-12(9-21-23(10)15-4-2-3-7-20-15)16(24)22-11-5-6-13-14(8-11)26-17(18,19)25-13/h2-9H,1H3,(H,22,24). The summed E-state index contributed by atoms with van der Waals surface area (Å²) >= 11 is 0. The average Bonchev–Trinajstić information content (AvgIpc) is 3.13. The van der Waals surface area contributed by atoms with Gasteiger partial charge in [0.1, 0.15) is 0 Å². The van der Waals surface area contributed by atoms with Crippen molar-refractivity contribution in [3.63, 3.8) is 0 Å². The van der Waals surface area contributed by atoms with E-state index in [0.717, 1.165) is 0 Å². The van der Waals surface area contributed by atoms with Crippen molar-refractivity contribution in [3.05, 3.63) is 60.0 Å². The highest BCUT2D eigenvalue weighted by Gasteiger charge is 2.43. The minimum absolute atomic E-state index is 0.0906. The van der Waals surface area contributed by atoms with Crippen molar-refractivity contribution >= 4 is 11.6 Å². The van der Waals surface area contributed by atoms with E-state index in [9.17, 15) is 13.6 Å². The molecular weight excluding hydrogens is 346 g/mol. The van der Waals surface area contributed by atoms with E-state index < -0.39 is 12.2 Å². The molecule has 0 saturated carbocycles. The largest absolute Gasteiger partial charge is 0.586 e. The zero-order valence-electron chi connectivity index (χ0n) is 13.4. The van der Waals surface area contributed by atoms with Crippen LogP contribution in [-0.4, -0.2) is 27.0 Å². The van der Waals surface area contributed by atoms with Gasteiger partial charge in [-0.2, -0.15) is 5.10 Å². The van der Waals surface area contributed by atoms with E-state index in [1.54, 1.807) is 25.3 Å². The molecule has 0 saturated heterocycles. The number of halogens is 2. The van der Waals surface area contributed by atoms with Crippen LogP contribution < -0.4 is 14.8 Å². The van der Waals surface area contributed by atoms with Crippen molar-refractivity contribution in [1.29, 1.82) is 0 Å². The summed E-state index contributed by atoms with van der Waals surface area (Å²) in [4.78, 5) is 16.7. The Morgan fingerprint density at radius 2 is 2.00 bits per heavy atom. The molecule has 1 amide bonds. The fourth-order valence-electron chi connectivity index (χ4n) is 2.57. The smallest absolute Gasteiger partial charge is 0.395 e. The molecular formula is C17H12F2N4O3. The monoisotopic (exact) mass is 358 g/mol. The normalized spacial score (nSPS) is 14.3. The summed E-state index contributed by atoms with van der Waals surface area (Å²) in [7, 11) is 0. The molecule has 1 aliphatic heterocycles. The molecule has 1 N–H and O–H groups in total. The highest BCUT2D eigenvalue weighted by atomic mass is 19.3. The Hall–Kier alpha value is -3.49. The lowest BCUT2D eigenvalue weighted by molar-refractivity contribution is -0.286. The molecule has 3 aromatic rings. The number of carbonyl (C=O) groups excluding carboxylic acids is 1. The molecule has 0 bridgehead atoms. The summed E-state index contributed by atoms with van der Waals surface area (Å²) in [5.74, 6) is -0.0921. The second kappa shape index (κ2) is 5.80. The number of anilines is 1. The van der Waals surface area contributed by atoms with E-state index in [0.29, 0.717) is 22.8 Å². The van der Waals surface area contributed by atoms with Gasteiger partial charge in [0.2, 0.25) is 0 Å². The van der Waals surface area contributed by atoms with Crippen molar-refractivity contribution in [2.24, 2.45) is 0 Å². The molecule has 9 heteroatoms. The predicted molar refractivity (Wildman–Crippen MR) is 86.7 cm³/mol. The predicted octanol–water partition coefficient (Wildman–Crippen LogP) is 3.15. The lowest BCUT2D eigenvalue weighted by Gasteiger charge is -2.07. The van der Waals surface area contributed by atoms with Gasteiger partial charge in [-0.05, 0) is 31.2 Å². The number of hydrogen-bond acceptors (Lipinski definition) is 5. The van der Waals surface area contributed by atoms with Gasteiger partial charge in [-0.25, -0.2) is 9.67 Å². The summed E-state index contributed by atoms with van der Waals surface area (Å²) in [6, 6.07) is 9.37. The fraction of sp³-hybridized carbons (Fsp3) is 0.118. The summed E-state index contributed by atoms with van der Waals surface area (Å²) in [6.07, 6.45) is -0.662. The van der Waals surface area contributed by atoms with E-state index in [1.165, 1.54) is 29.1 Å². The van der Waals surface area contributed by atoms with Gasteiger partial charge < -0.3 is 14.8 Å². The average molecular weight is 358 g/mol. The van der Waals surface area contributed by atoms with Gasteiger partial charge >= 0.3 is 6.29 Å². The van der Waals surface area contributed by atoms with Crippen molar-refractivity contribution in [1.82, 2.24) is 14.8 Å². The van der Waals surface area contributed by atoms with Gasteiger partial charge in [0.15, 0.2) is 17.3 Å². The number of alkyl halides is 2. The van der Waals surface area contributed by atoms with Crippen LogP contribution in [0.2, 0.25) is 0 Å². The molecule has 1 aliphatic rings. The Morgan fingerprint density at radius 3 is 2.77 bits per heavy atom. The first-order valence-corrected chi connectivity index (χ1v) is 7.60. The Kier molecular flexibility index (Phi) is 3.57. The van der Waals surface area contributed by atoms with Crippen LogP contribution in [0, 0.1) is 6.92 Å². The summed E-state index contributed by atoms with van der Waals surface area (Å²) < 4.78 is 36.4. The van der Waals surface area contributed by atoms with Crippen LogP contribution in [0.4, 0.5) is 14.5 Å². The lowest BCUT2D eigenvalue weighted by atomic mass is 10.2. The number of carbonyl (C=O) groups is 1. The third-order valence-corrected chi connectivity index (χ3v) is 3.78. The maximum atomic E-state index is 13.1. The molecule has 2 aromatic heterocycles. The SMILES string of the molecule is Cc1c(C(=O)Nc2ccc3c(c2)OC(F)(F)O3)cnn1-c1ccccn1. The third kappa shape index (κ3) is 2.83. The molecule has 7 nitrogen and oxygen atoms in total. The van der Waals surface area contributed by atoms with Crippen molar-refractivity contribution in [2.45, 2.75) is 13.2 Å². The highest BCUT2D eigenvalue weighted by Crippen LogP contribution is 2.42. The molecule has 3 heterocycles. The maximum absolute atomic E-state index is 13.1. The Bertz CT molecular complexity index is 989. The van der Waals surface area contributed by atoms with Crippen LogP contribution in [0.25, 0.3) is 5.82 Å². The first kappa shape index (κ1) is 16.0. The van der Waals surface area contributed by atoms with Crippen LogP contribution >= 0.6 is 0 Å². The minimum atomic E-state index is -3.70. The number of fused-ring (bicyclic) bond motifs is 1. The fourth-order valence-corrected chi connectivity index (χ4v) is 2.57. The number of benzene rings is 1. The molecule has 0 atom stereocenters. The quantitative estimate of drug-likeness (QED) is 0.778. The molecule has 4 rings (SSSR count). The molecule has 0 fully saturated rings. The topological polar surface area (TPSA) is 78.3 Å². The van der Waals surface area contributed by atoms with Crippen LogP contribution in [0.3, 0.4) is 0 Å². The first-order chi connectivity index (χ1) is 12.4. The first-order valence-electron chi connectivity index (χ1n) is 7.60. The number of nitrogens with one attached hydrogen (secondary N) is 1. The highest BCUT2D eigenvalue weighted by molar-refractivity contribution is 6.05. The molecule has 1 aromatic carbocycles. The van der Waals surface area contributed by atoms with E-state index in [4.69, 9.17) is 0 Å². The van der Waals surface area contributed by atoms with Crippen molar-refractivity contribution in [2.75, 3.05) is 5.32 Å². The number of aromatic nitrogens is 3. The number of amides is 1. The second-order valence-corrected chi connectivity index (χ2v) is 5.53. The zero-order chi connectivity index (χ0) is 18.3. The van der Waals surface area contributed by atoms with Gasteiger partial charge in [-0.3, -0.25) is 4.79 Å². The number of nitrogens with zero attached hydrogens (tertiary/aromatic N) is 3. The van der Waals surface area contributed by atoms with Gasteiger partial charge in [0, 0.05) is 18.0 Å². The van der Waals surface area contributed by atoms with Crippen LogP contribution in [0.15, 0.2) is 48.8 Å². The van der Waals surface area contributed by atoms with Gasteiger partial charge in [-0.1, -0.05) is 6.07 Å². The molecule has 0 spiro atoms. The lowest BCUT2D eigenvalue weighted by Crippen LogP contribution is -2.25. The molecule has 0 unspecified atom stereocenters. The Labute approximate surface area is 146 Å². The molecule has 0 aliphatic carbocycles. The van der Waals surface area contributed by atoms with Crippen LogP contribution in [0.5, 0.6) is 11.5 Å². The Morgan fingerprint density at radius 1 is 1.19 bits per heavy atom. The number of hydrogen-bond donors (Lipinski definition) is 1. The van der Waals surface area contributed by atoms with Crippen molar-refractivity contribution < 1.29 is 23.0 Å². The number of rotatable bonds is 3. The van der Waals surface area contributed by atoms with E-state index >= 15 is 0 Å². The second-order valence-electron chi connectivity index (χ2n) is 5.53. The molecule has 132 valence electrons. The van der Waals surface area contributed by atoms with E-state index in [-0.39, 0.29) is 11.5 Å². The number of pyridine rings is 1. The van der Waals surface area contributed by atoms with Gasteiger partial charge in [0.05, 0.1) is 17.5 Å².